The molecule has 1 amide bonds. The number of carboxylic acid groups (broad SMARTS) is 1. The molecule has 0 aromatic heterocycles. The largest absolute Gasteiger partial charge is 0.586 e. The van der Waals surface area contributed by atoms with Crippen LogP contribution in [0.2, 0.25) is 0 Å². The Labute approximate surface area is 241 Å². The van der Waals surface area contributed by atoms with Gasteiger partial charge in [0.05, 0.1) is 12.6 Å². The van der Waals surface area contributed by atoms with Crippen LogP contribution in [0.25, 0.3) is 0 Å². The molecule has 2 aromatic carbocycles. The Morgan fingerprint density at radius 1 is 1.07 bits per heavy atom. The molecular formula is C28H27F5N2O8. The van der Waals surface area contributed by atoms with Crippen LogP contribution in [0.3, 0.4) is 0 Å². The number of carboxylic acids is 1. The summed E-state index contributed by atoms with van der Waals surface area (Å²) in [4.78, 5) is 26.7. The Kier molecular flexibility index (Phi) is 6.98. The van der Waals surface area contributed by atoms with Crippen LogP contribution in [-0.2, 0) is 15.0 Å². The highest BCUT2D eigenvalue weighted by atomic mass is 19.4. The van der Waals surface area contributed by atoms with Gasteiger partial charge in [-0.05, 0) is 57.0 Å². The molecule has 0 unspecified atom stereocenters. The summed E-state index contributed by atoms with van der Waals surface area (Å²) in [7, 11) is 0. The highest BCUT2D eigenvalue weighted by Gasteiger charge is 2.50. The lowest BCUT2D eigenvalue weighted by Crippen LogP contribution is -2.48. The normalized spacial score (nSPS) is 26.1. The van der Waals surface area contributed by atoms with Crippen molar-refractivity contribution in [2.24, 2.45) is 5.92 Å². The van der Waals surface area contributed by atoms with Gasteiger partial charge in [-0.3, -0.25) is 14.5 Å². The van der Waals surface area contributed by atoms with E-state index >= 15 is 0 Å². The van der Waals surface area contributed by atoms with Crippen molar-refractivity contribution < 1.29 is 60.3 Å². The van der Waals surface area contributed by atoms with E-state index in [1.807, 2.05) is 0 Å². The third-order valence-electron chi connectivity index (χ3n) is 8.28. The molecule has 10 nitrogen and oxygen atoms in total. The van der Waals surface area contributed by atoms with E-state index in [0.717, 1.165) is 12.1 Å². The number of carbonyl (C=O) groups excluding carboxylic acids is 1. The first-order valence-corrected chi connectivity index (χ1v) is 13.6. The van der Waals surface area contributed by atoms with Gasteiger partial charge in [-0.25, -0.2) is 0 Å². The maximum atomic E-state index is 13.8. The maximum Gasteiger partial charge on any atom is 0.586 e. The van der Waals surface area contributed by atoms with Crippen LogP contribution in [0.4, 0.5) is 22.0 Å². The number of hydrogen-bond acceptors (Lipinski definition) is 8. The predicted molar refractivity (Wildman–Crippen MR) is 135 cm³/mol. The molecule has 6 rings (SSSR count). The molecule has 2 N–H and O–H groups in total. The molecule has 4 aliphatic rings. The Hall–Kier alpha value is -4.01. The summed E-state index contributed by atoms with van der Waals surface area (Å²) in [5, 5.41) is 12.1. The lowest BCUT2D eigenvalue weighted by atomic mass is 9.81. The predicted octanol–water partition coefficient (Wildman–Crippen LogP) is 4.36. The molecule has 0 saturated carbocycles. The van der Waals surface area contributed by atoms with Gasteiger partial charge in [0.2, 0.25) is 5.91 Å². The number of alkyl halides is 5. The molecule has 4 aliphatic heterocycles. The van der Waals surface area contributed by atoms with Crippen LogP contribution >= 0.6 is 0 Å². The fraction of sp³-hybridized carbons (Fsp3) is 0.500. The van der Waals surface area contributed by atoms with E-state index in [2.05, 4.69) is 19.5 Å². The Balaban J connectivity index is 1.25. The Bertz CT molecular complexity index is 1440. The smallest absolute Gasteiger partial charge is 0.492 e. The third-order valence-corrected chi connectivity index (χ3v) is 8.28. The Morgan fingerprint density at radius 2 is 1.77 bits per heavy atom. The highest BCUT2D eigenvalue weighted by Crippen LogP contribution is 2.50. The second-order valence-electron chi connectivity index (χ2n) is 11.3. The minimum Gasteiger partial charge on any atom is -0.492 e. The zero-order valence-electron chi connectivity index (χ0n) is 22.7. The van der Waals surface area contributed by atoms with E-state index in [0.29, 0.717) is 43.5 Å². The van der Waals surface area contributed by atoms with Crippen LogP contribution < -0.4 is 29.0 Å². The number of likely N-dealkylation sites (tertiary alicyclic amines) is 1. The first kappa shape index (κ1) is 29.1. The fourth-order valence-electron chi connectivity index (χ4n) is 6.11. The number of carbonyl (C=O) groups is 2. The van der Waals surface area contributed by atoms with Crippen LogP contribution in [0, 0.1) is 5.92 Å². The average Bonchev–Trinajstić information content (AvgIpc) is 3.40. The summed E-state index contributed by atoms with van der Waals surface area (Å²) >= 11 is 0. The molecule has 1 saturated heterocycles. The third kappa shape index (κ3) is 5.82. The van der Waals surface area contributed by atoms with Crippen LogP contribution in [0.15, 0.2) is 30.3 Å². The van der Waals surface area contributed by atoms with E-state index < -0.39 is 47.8 Å². The number of ether oxygens (including phenoxy) is 5. The van der Waals surface area contributed by atoms with Crippen molar-refractivity contribution in [2.75, 3.05) is 26.2 Å². The number of benzene rings is 2. The molecule has 4 heterocycles. The van der Waals surface area contributed by atoms with Gasteiger partial charge in [-0.2, -0.15) is 0 Å². The quantitative estimate of drug-likeness (QED) is 0.458. The number of nitrogens with zero attached hydrogens (tertiary/aromatic N) is 1. The first-order valence-electron chi connectivity index (χ1n) is 13.6. The average molecular weight is 615 g/mol. The fourth-order valence-corrected chi connectivity index (χ4v) is 6.11. The molecule has 232 valence electrons. The van der Waals surface area contributed by atoms with E-state index in [1.54, 1.807) is 11.8 Å². The SMILES string of the molecule is C[C@]1(C(=O)N[C@H]2C[C@@H](C3CCN(CC(=O)O)CC3)Oc3cc(OC(F)(F)F)ccc32)COc2cc3c(cc21)OC(F)(F)O3. The van der Waals surface area contributed by atoms with Crippen molar-refractivity contribution in [3.8, 4) is 28.7 Å². The van der Waals surface area contributed by atoms with Crippen molar-refractivity contribution in [3.63, 3.8) is 0 Å². The molecule has 0 bridgehead atoms. The number of hydrogen-bond donors (Lipinski definition) is 2. The zero-order chi connectivity index (χ0) is 30.7. The van der Waals surface area contributed by atoms with Gasteiger partial charge in [-0.15, -0.1) is 22.0 Å². The number of rotatable bonds is 6. The highest BCUT2D eigenvalue weighted by molar-refractivity contribution is 5.90. The lowest BCUT2D eigenvalue weighted by molar-refractivity contribution is -0.286. The minimum absolute atomic E-state index is 0.0580. The van der Waals surface area contributed by atoms with Gasteiger partial charge in [0.15, 0.2) is 11.5 Å². The number of aliphatic carboxylic acids is 1. The monoisotopic (exact) mass is 614 g/mol. The van der Waals surface area contributed by atoms with Gasteiger partial charge in [-0.1, -0.05) is 0 Å². The van der Waals surface area contributed by atoms with Crippen molar-refractivity contribution in [1.29, 1.82) is 0 Å². The zero-order valence-corrected chi connectivity index (χ0v) is 22.7. The molecule has 2 aromatic rings. The van der Waals surface area contributed by atoms with Crippen molar-refractivity contribution in [1.82, 2.24) is 10.2 Å². The van der Waals surface area contributed by atoms with E-state index in [1.165, 1.54) is 18.2 Å². The summed E-state index contributed by atoms with van der Waals surface area (Å²) in [5.74, 6) is -2.13. The maximum absolute atomic E-state index is 13.8. The molecule has 3 atom stereocenters. The molecule has 0 aliphatic carbocycles. The van der Waals surface area contributed by atoms with E-state index in [9.17, 15) is 31.5 Å². The van der Waals surface area contributed by atoms with E-state index in [4.69, 9.17) is 14.6 Å². The van der Waals surface area contributed by atoms with Crippen LogP contribution in [-0.4, -0.2) is 66.9 Å². The number of halogens is 5. The standard InChI is InChI=1S/C28H27F5N2O8/c1-26(13-39-21-11-23-22(9-17(21)26)42-28(32,33)43-23)25(38)34-18-10-19(14-4-6-35(7-5-14)12-24(36)37)40-20-8-15(2-3-16(18)20)41-27(29,30)31/h2-3,8-9,11,14,18-19H,4-7,10,12-13H2,1H3,(H,34,38)(H,36,37)/t18-,19-,26-/m0/s1. The lowest BCUT2D eigenvalue weighted by Gasteiger charge is -2.40. The number of piperidine rings is 1. The number of amides is 1. The summed E-state index contributed by atoms with van der Waals surface area (Å²) in [5.41, 5.74) is -0.565. The van der Waals surface area contributed by atoms with Gasteiger partial charge >= 0.3 is 18.6 Å². The summed E-state index contributed by atoms with van der Waals surface area (Å²) in [6, 6.07) is 5.50. The van der Waals surface area contributed by atoms with E-state index in [-0.39, 0.29) is 42.1 Å². The second-order valence-corrected chi connectivity index (χ2v) is 11.3. The number of fused-ring (bicyclic) bond motifs is 3. The van der Waals surface area contributed by atoms with Gasteiger partial charge < -0.3 is 34.1 Å². The summed E-state index contributed by atoms with van der Waals surface area (Å²) in [6.45, 7) is 2.38. The molecule has 0 radical (unpaired) electrons. The summed E-state index contributed by atoms with van der Waals surface area (Å²) < 4.78 is 91.1. The second kappa shape index (κ2) is 10.3. The molecular weight excluding hydrogens is 587 g/mol. The Morgan fingerprint density at radius 3 is 2.44 bits per heavy atom. The minimum atomic E-state index is -4.92. The van der Waals surface area contributed by atoms with Crippen molar-refractivity contribution in [3.05, 3.63) is 41.5 Å². The molecule has 15 heteroatoms. The first-order chi connectivity index (χ1) is 20.2. The van der Waals surface area contributed by atoms with Crippen LogP contribution in [0.1, 0.15) is 43.4 Å². The molecule has 43 heavy (non-hydrogen) atoms. The molecule has 1 fully saturated rings. The topological polar surface area (TPSA) is 116 Å². The molecule has 0 spiro atoms. The van der Waals surface area contributed by atoms with Crippen molar-refractivity contribution >= 4 is 11.9 Å². The van der Waals surface area contributed by atoms with Gasteiger partial charge in [0, 0.05) is 29.7 Å². The van der Waals surface area contributed by atoms with Crippen molar-refractivity contribution in [2.45, 2.75) is 56.4 Å². The van der Waals surface area contributed by atoms with Crippen LogP contribution in [0.5, 0.6) is 28.7 Å². The summed E-state index contributed by atoms with van der Waals surface area (Å²) in [6.07, 6.45) is -7.81. The van der Waals surface area contributed by atoms with Gasteiger partial charge in [0.1, 0.15) is 35.4 Å². The van der Waals surface area contributed by atoms with Gasteiger partial charge in [0.25, 0.3) is 0 Å². The number of nitrogens with one attached hydrogen (secondary N) is 1.